The second-order valence-electron chi connectivity index (χ2n) is 6.57. The zero-order valence-corrected chi connectivity index (χ0v) is 14.3. The van der Waals surface area contributed by atoms with Gasteiger partial charge in [0.2, 0.25) is 0 Å². The van der Waals surface area contributed by atoms with Crippen molar-refractivity contribution in [3.8, 4) is 0 Å². The van der Waals surface area contributed by atoms with Gasteiger partial charge in [0, 0.05) is 22.8 Å². The normalized spacial score (nSPS) is 17.2. The van der Waals surface area contributed by atoms with E-state index in [4.69, 9.17) is 4.74 Å². The maximum Gasteiger partial charge on any atom is 0.0897 e. The highest BCUT2D eigenvalue weighted by atomic mass is 32.1. The minimum Gasteiger partial charge on any atom is -0.389 e. The van der Waals surface area contributed by atoms with Crippen LogP contribution in [0.3, 0.4) is 0 Å². The van der Waals surface area contributed by atoms with Crippen LogP contribution in [0.15, 0.2) is 6.07 Å². The van der Waals surface area contributed by atoms with Gasteiger partial charge >= 0.3 is 0 Å². The number of nitrogens with one attached hydrogen (secondary N) is 1. The van der Waals surface area contributed by atoms with Crippen molar-refractivity contribution in [2.24, 2.45) is 5.92 Å². The number of rotatable bonds is 9. The molecule has 21 heavy (non-hydrogen) atoms. The average molecular weight is 311 g/mol. The highest BCUT2D eigenvalue weighted by Gasteiger charge is 2.15. The summed E-state index contributed by atoms with van der Waals surface area (Å²) in [6.45, 7) is 8.33. The van der Waals surface area contributed by atoms with Gasteiger partial charge in [0.1, 0.15) is 0 Å². The van der Waals surface area contributed by atoms with E-state index in [0.717, 1.165) is 13.0 Å². The summed E-state index contributed by atoms with van der Waals surface area (Å²) < 4.78 is 5.68. The SMILES string of the molecule is CC(C)CC(C)OCC(O)CNCc1cc2c(s1)CCC2. The smallest absolute Gasteiger partial charge is 0.0897 e. The summed E-state index contributed by atoms with van der Waals surface area (Å²) >= 11 is 1.92. The van der Waals surface area contributed by atoms with Crippen LogP contribution in [0.4, 0.5) is 0 Å². The van der Waals surface area contributed by atoms with Crippen molar-refractivity contribution in [3.63, 3.8) is 0 Å². The van der Waals surface area contributed by atoms with Crippen molar-refractivity contribution in [1.82, 2.24) is 5.32 Å². The van der Waals surface area contributed by atoms with Crippen LogP contribution in [0.5, 0.6) is 0 Å². The molecule has 2 N–H and O–H groups in total. The number of aliphatic hydroxyl groups is 1. The molecule has 120 valence electrons. The summed E-state index contributed by atoms with van der Waals surface area (Å²) in [6.07, 6.45) is 4.66. The summed E-state index contributed by atoms with van der Waals surface area (Å²) in [5.74, 6) is 0.635. The summed E-state index contributed by atoms with van der Waals surface area (Å²) in [6, 6.07) is 2.33. The van der Waals surface area contributed by atoms with Gasteiger partial charge in [0.25, 0.3) is 0 Å². The Morgan fingerprint density at radius 2 is 2.14 bits per heavy atom. The Bertz CT molecular complexity index is 409. The van der Waals surface area contributed by atoms with Crippen LogP contribution in [0, 0.1) is 5.92 Å². The van der Waals surface area contributed by atoms with Crippen molar-refractivity contribution in [1.29, 1.82) is 0 Å². The van der Waals surface area contributed by atoms with E-state index in [1.54, 1.807) is 10.4 Å². The molecule has 1 aromatic rings. The van der Waals surface area contributed by atoms with E-state index in [0.29, 0.717) is 19.1 Å². The zero-order chi connectivity index (χ0) is 15.2. The van der Waals surface area contributed by atoms with Gasteiger partial charge in [-0.05, 0) is 50.2 Å². The third kappa shape index (κ3) is 5.70. The first-order valence-electron chi connectivity index (χ1n) is 8.15. The van der Waals surface area contributed by atoms with E-state index in [2.05, 4.69) is 32.2 Å². The lowest BCUT2D eigenvalue weighted by Gasteiger charge is -2.18. The summed E-state index contributed by atoms with van der Waals surface area (Å²) in [5, 5.41) is 13.3. The lowest BCUT2D eigenvalue weighted by atomic mass is 10.1. The van der Waals surface area contributed by atoms with Gasteiger partial charge < -0.3 is 15.2 Å². The topological polar surface area (TPSA) is 41.5 Å². The van der Waals surface area contributed by atoms with Crippen molar-refractivity contribution < 1.29 is 9.84 Å². The van der Waals surface area contributed by atoms with Crippen LogP contribution in [-0.2, 0) is 24.1 Å². The Labute approximate surface area is 132 Å². The van der Waals surface area contributed by atoms with Gasteiger partial charge in [-0.25, -0.2) is 0 Å². The number of fused-ring (bicyclic) bond motifs is 1. The maximum atomic E-state index is 9.94. The fourth-order valence-corrected chi connectivity index (χ4v) is 4.14. The fourth-order valence-electron chi connectivity index (χ4n) is 2.91. The summed E-state index contributed by atoms with van der Waals surface area (Å²) in [4.78, 5) is 2.96. The molecule has 0 aromatic carbocycles. The van der Waals surface area contributed by atoms with Crippen LogP contribution in [0.1, 0.15) is 48.9 Å². The first kappa shape index (κ1) is 16.9. The van der Waals surface area contributed by atoms with Crippen molar-refractivity contribution >= 4 is 11.3 Å². The molecule has 0 bridgehead atoms. The number of aryl methyl sites for hydroxylation is 2. The minimum absolute atomic E-state index is 0.222. The third-order valence-electron chi connectivity index (χ3n) is 3.85. The first-order chi connectivity index (χ1) is 10.0. The molecule has 2 atom stereocenters. The molecule has 0 radical (unpaired) electrons. The molecular formula is C17H29NO2S. The molecule has 4 heteroatoms. The van der Waals surface area contributed by atoms with Crippen molar-refractivity contribution in [3.05, 3.63) is 21.4 Å². The van der Waals surface area contributed by atoms with E-state index in [1.165, 1.54) is 24.1 Å². The molecule has 1 aliphatic rings. The average Bonchev–Trinajstić information content (AvgIpc) is 2.96. The highest BCUT2D eigenvalue weighted by molar-refractivity contribution is 7.12. The van der Waals surface area contributed by atoms with Gasteiger partial charge in [-0.15, -0.1) is 11.3 Å². The molecule has 1 heterocycles. The molecule has 0 saturated carbocycles. The number of aliphatic hydroxyl groups excluding tert-OH is 1. The molecular weight excluding hydrogens is 282 g/mol. The number of ether oxygens (including phenoxy) is 1. The molecule has 1 aliphatic carbocycles. The Balaban J connectivity index is 1.59. The molecule has 0 aliphatic heterocycles. The standard InChI is InChI=1S/C17H29NO2S/c1-12(2)7-13(3)20-11-15(19)9-18-10-16-8-14-5-4-6-17(14)21-16/h8,12-13,15,18-19H,4-7,9-11H2,1-3H3. The molecule has 1 aromatic heterocycles. The van der Waals surface area contributed by atoms with Crippen molar-refractivity contribution in [2.45, 2.75) is 65.2 Å². The fraction of sp³-hybridized carbons (Fsp3) is 0.765. The summed E-state index contributed by atoms with van der Waals surface area (Å²) in [5.41, 5.74) is 1.54. The molecule has 0 fully saturated rings. The summed E-state index contributed by atoms with van der Waals surface area (Å²) in [7, 11) is 0. The van der Waals surface area contributed by atoms with E-state index in [1.807, 2.05) is 11.3 Å². The minimum atomic E-state index is -0.425. The Hall–Kier alpha value is -0.420. The molecule has 0 spiro atoms. The Morgan fingerprint density at radius 3 is 2.86 bits per heavy atom. The van der Waals surface area contributed by atoms with Gasteiger partial charge in [0.15, 0.2) is 0 Å². The highest BCUT2D eigenvalue weighted by Crippen LogP contribution is 2.30. The maximum absolute atomic E-state index is 9.94. The van der Waals surface area contributed by atoms with Crippen molar-refractivity contribution in [2.75, 3.05) is 13.2 Å². The van der Waals surface area contributed by atoms with Crippen LogP contribution in [0.25, 0.3) is 0 Å². The second kappa shape index (κ2) is 8.28. The third-order valence-corrected chi connectivity index (χ3v) is 5.09. The molecule has 3 nitrogen and oxygen atoms in total. The van der Waals surface area contributed by atoms with Crippen LogP contribution < -0.4 is 5.32 Å². The number of thiophene rings is 1. The van der Waals surface area contributed by atoms with E-state index in [-0.39, 0.29) is 6.10 Å². The lowest BCUT2D eigenvalue weighted by Crippen LogP contribution is -2.31. The van der Waals surface area contributed by atoms with E-state index < -0.39 is 6.10 Å². The Morgan fingerprint density at radius 1 is 1.33 bits per heavy atom. The predicted octanol–water partition coefficient (Wildman–Crippen LogP) is 3.14. The largest absolute Gasteiger partial charge is 0.389 e. The molecule has 0 amide bonds. The van der Waals surface area contributed by atoms with Gasteiger partial charge in [-0.2, -0.15) is 0 Å². The zero-order valence-electron chi connectivity index (χ0n) is 13.5. The number of hydrogen-bond acceptors (Lipinski definition) is 4. The monoisotopic (exact) mass is 311 g/mol. The molecule has 2 rings (SSSR count). The van der Waals surface area contributed by atoms with E-state index >= 15 is 0 Å². The van der Waals surface area contributed by atoms with Crippen LogP contribution in [-0.4, -0.2) is 30.5 Å². The molecule has 2 unspecified atom stereocenters. The second-order valence-corrected chi connectivity index (χ2v) is 7.79. The van der Waals surface area contributed by atoms with Gasteiger partial charge in [0.05, 0.1) is 18.8 Å². The lowest BCUT2D eigenvalue weighted by molar-refractivity contribution is -0.00855. The Kier molecular flexibility index (Phi) is 6.68. The van der Waals surface area contributed by atoms with Gasteiger partial charge in [-0.3, -0.25) is 0 Å². The first-order valence-corrected chi connectivity index (χ1v) is 8.97. The van der Waals surface area contributed by atoms with Crippen LogP contribution >= 0.6 is 11.3 Å². The van der Waals surface area contributed by atoms with Crippen LogP contribution in [0.2, 0.25) is 0 Å². The van der Waals surface area contributed by atoms with E-state index in [9.17, 15) is 5.11 Å². The number of hydrogen-bond donors (Lipinski definition) is 2. The molecule has 0 saturated heterocycles. The quantitative estimate of drug-likeness (QED) is 0.736. The van der Waals surface area contributed by atoms with Gasteiger partial charge in [-0.1, -0.05) is 13.8 Å². The predicted molar refractivity (Wildman–Crippen MR) is 88.9 cm³/mol.